The minimum Gasteiger partial charge on any atom is -0.341 e. The van der Waals surface area contributed by atoms with Crippen LogP contribution in [0, 0.1) is 0 Å². The lowest BCUT2D eigenvalue weighted by Crippen LogP contribution is -2.46. The van der Waals surface area contributed by atoms with Crippen LogP contribution < -0.4 is 11.4 Å². The number of aryl methyl sites for hydroxylation is 2. The largest absolute Gasteiger partial charge is 0.341 e. The molecule has 1 amide bonds. The lowest BCUT2D eigenvalue weighted by atomic mass is 10.1. The number of aromatic nitrogens is 2. The molecule has 1 aromatic carbocycles. The van der Waals surface area contributed by atoms with Crippen molar-refractivity contribution in [2.45, 2.75) is 31.8 Å². The summed E-state index contributed by atoms with van der Waals surface area (Å²) in [4.78, 5) is 26.5. The summed E-state index contributed by atoms with van der Waals surface area (Å²) in [5, 5.41) is 0. The van der Waals surface area contributed by atoms with Crippen LogP contribution in [0.15, 0.2) is 29.1 Å². The van der Waals surface area contributed by atoms with Gasteiger partial charge >= 0.3 is 5.69 Å². The number of hydrogen-bond donors (Lipinski definition) is 1. The van der Waals surface area contributed by atoms with Gasteiger partial charge in [-0.25, -0.2) is 4.79 Å². The van der Waals surface area contributed by atoms with E-state index in [4.69, 9.17) is 5.73 Å². The van der Waals surface area contributed by atoms with Crippen molar-refractivity contribution in [3.8, 4) is 0 Å². The summed E-state index contributed by atoms with van der Waals surface area (Å²) < 4.78 is 3.30. The number of para-hydroxylation sites is 2. The van der Waals surface area contributed by atoms with Crippen LogP contribution in [0.5, 0.6) is 0 Å². The van der Waals surface area contributed by atoms with Gasteiger partial charge in [-0.05, 0) is 25.0 Å². The molecule has 2 heterocycles. The first kappa shape index (κ1) is 17.6. The Hall–Kier alpha value is -1.79. The van der Waals surface area contributed by atoms with Crippen LogP contribution in [-0.4, -0.2) is 39.1 Å². The van der Waals surface area contributed by atoms with Crippen LogP contribution in [0.25, 0.3) is 11.0 Å². The van der Waals surface area contributed by atoms with E-state index in [1.807, 2.05) is 29.2 Å². The lowest BCUT2D eigenvalue weighted by molar-refractivity contribution is -0.132. The van der Waals surface area contributed by atoms with E-state index in [0.29, 0.717) is 19.5 Å². The van der Waals surface area contributed by atoms with E-state index in [-0.39, 0.29) is 30.0 Å². The van der Waals surface area contributed by atoms with Gasteiger partial charge in [0.15, 0.2) is 0 Å². The van der Waals surface area contributed by atoms with E-state index in [2.05, 4.69) is 0 Å². The Bertz CT molecular complexity index is 752. The number of imidazole rings is 1. The Morgan fingerprint density at radius 1 is 1.30 bits per heavy atom. The van der Waals surface area contributed by atoms with Crippen molar-refractivity contribution in [2.24, 2.45) is 12.8 Å². The average molecular weight is 339 g/mol. The highest BCUT2D eigenvalue weighted by molar-refractivity contribution is 5.85. The molecule has 6 nitrogen and oxygen atoms in total. The van der Waals surface area contributed by atoms with E-state index < -0.39 is 0 Å². The van der Waals surface area contributed by atoms with E-state index in [1.165, 1.54) is 0 Å². The number of halogens is 1. The van der Waals surface area contributed by atoms with Crippen LogP contribution >= 0.6 is 12.4 Å². The number of benzene rings is 1. The van der Waals surface area contributed by atoms with Gasteiger partial charge in [0.05, 0.1) is 11.0 Å². The summed E-state index contributed by atoms with van der Waals surface area (Å²) in [6, 6.07) is 7.73. The van der Waals surface area contributed by atoms with Crippen molar-refractivity contribution in [1.82, 2.24) is 14.0 Å². The monoisotopic (exact) mass is 338 g/mol. The Kier molecular flexibility index (Phi) is 5.49. The van der Waals surface area contributed by atoms with E-state index in [9.17, 15) is 9.59 Å². The van der Waals surface area contributed by atoms with Gasteiger partial charge in [-0.15, -0.1) is 12.4 Å². The van der Waals surface area contributed by atoms with Crippen LogP contribution in [0.1, 0.15) is 19.3 Å². The molecule has 2 N–H and O–H groups in total. The van der Waals surface area contributed by atoms with E-state index in [1.54, 1.807) is 16.2 Å². The summed E-state index contributed by atoms with van der Waals surface area (Å²) in [5.74, 6) is 0.0787. The zero-order valence-corrected chi connectivity index (χ0v) is 14.1. The molecule has 3 rings (SSSR count). The Balaban J connectivity index is 0.00000192. The van der Waals surface area contributed by atoms with Crippen molar-refractivity contribution >= 4 is 29.3 Å². The molecule has 1 aliphatic rings. The number of piperidine rings is 1. The SMILES string of the molecule is Cl.Cn1c(=O)n(CCC(=O)N2CCCC(N)C2)c2ccccc21. The molecule has 1 aromatic heterocycles. The van der Waals surface area contributed by atoms with Crippen LogP contribution in [0.3, 0.4) is 0 Å². The fourth-order valence-electron chi connectivity index (χ4n) is 3.18. The molecule has 0 bridgehead atoms. The van der Waals surface area contributed by atoms with Crippen molar-refractivity contribution in [1.29, 1.82) is 0 Å². The van der Waals surface area contributed by atoms with Crippen molar-refractivity contribution < 1.29 is 4.79 Å². The third-order valence-corrected chi connectivity index (χ3v) is 4.41. The second-order valence-electron chi connectivity index (χ2n) is 5.97. The molecule has 1 aliphatic heterocycles. The minimum absolute atomic E-state index is 0. The van der Waals surface area contributed by atoms with E-state index >= 15 is 0 Å². The normalized spacial score (nSPS) is 18.0. The maximum atomic E-state index is 12.3. The van der Waals surface area contributed by atoms with Gasteiger partial charge in [0.25, 0.3) is 0 Å². The van der Waals surface area contributed by atoms with E-state index in [0.717, 1.165) is 30.4 Å². The zero-order valence-electron chi connectivity index (χ0n) is 13.3. The second kappa shape index (κ2) is 7.19. The zero-order chi connectivity index (χ0) is 15.7. The molecule has 1 unspecified atom stereocenters. The molecule has 0 saturated carbocycles. The first-order valence-electron chi connectivity index (χ1n) is 7.75. The van der Waals surface area contributed by atoms with Gasteiger partial charge < -0.3 is 10.6 Å². The summed E-state index contributed by atoms with van der Waals surface area (Å²) >= 11 is 0. The predicted molar refractivity (Wildman–Crippen MR) is 92.8 cm³/mol. The average Bonchev–Trinajstić information content (AvgIpc) is 2.77. The number of nitrogens with two attached hydrogens (primary N) is 1. The third kappa shape index (κ3) is 3.43. The molecule has 7 heteroatoms. The fraction of sp³-hybridized carbons (Fsp3) is 0.500. The summed E-state index contributed by atoms with van der Waals surface area (Å²) in [6.45, 7) is 1.81. The number of carbonyl (C=O) groups is 1. The van der Waals surface area contributed by atoms with Gasteiger partial charge in [-0.1, -0.05) is 12.1 Å². The Labute approximate surface area is 141 Å². The van der Waals surface area contributed by atoms with Crippen LogP contribution in [0.2, 0.25) is 0 Å². The van der Waals surface area contributed by atoms with Crippen LogP contribution in [-0.2, 0) is 18.4 Å². The Morgan fingerprint density at radius 3 is 2.70 bits per heavy atom. The van der Waals surface area contributed by atoms with Crippen molar-refractivity contribution in [3.05, 3.63) is 34.7 Å². The third-order valence-electron chi connectivity index (χ3n) is 4.41. The quantitative estimate of drug-likeness (QED) is 0.910. The summed E-state index contributed by atoms with van der Waals surface area (Å²) in [7, 11) is 1.76. The number of hydrogen-bond acceptors (Lipinski definition) is 3. The highest BCUT2D eigenvalue weighted by Gasteiger charge is 2.21. The maximum Gasteiger partial charge on any atom is 0.328 e. The molecule has 1 atom stereocenters. The smallest absolute Gasteiger partial charge is 0.328 e. The molecule has 1 fully saturated rings. The Morgan fingerprint density at radius 2 is 2.00 bits per heavy atom. The summed E-state index contributed by atoms with van der Waals surface area (Å²) in [5.41, 5.74) is 7.60. The van der Waals surface area contributed by atoms with Gasteiger partial charge in [0, 0.05) is 39.1 Å². The molecule has 126 valence electrons. The number of rotatable bonds is 3. The van der Waals surface area contributed by atoms with Gasteiger partial charge in [0.2, 0.25) is 5.91 Å². The van der Waals surface area contributed by atoms with Gasteiger partial charge in [-0.3, -0.25) is 13.9 Å². The highest BCUT2D eigenvalue weighted by atomic mass is 35.5. The second-order valence-corrected chi connectivity index (χ2v) is 5.97. The minimum atomic E-state index is -0.0793. The highest BCUT2D eigenvalue weighted by Crippen LogP contribution is 2.13. The number of likely N-dealkylation sites (tertiary alicyclic amines) is 1. The first-order valence-corrected chi connectivity index (χ1v) is 7.75. The molecular formula is C16H23ClN4O2. The van der Waals surface area contributed by atoms with Gasteiger partial charge in [-0.2, -0.15) is 0 Å². The molecule has 23 heavy (non-hydrogen) atoms. The number of fused-ring (bicyclic) bond motifs is 1. The topological polar surface area (TPSA) is 73.3 Å². The molecule has 2 aromatic rings. The lowest BCUT2D eigenvalue weighted by Gasteiger charge is -2.30. The number of nitrogens with zero attached hydrogens (tertiary/aromatic N) is 3. The first-order chi connectivity index (χ1) is 10.6. The molecule has 1 saturated heterocycles. The molecular weight excluding hydrogens is 316 g/mol. The predicted octanol–water partition coefficient (Wildman–Crippen LogP) is 1.10. The van der Waals surface area contributed by atoms with Crippen LogP contribution in [0.4, 0.5) is 0 Å². The molecule has 0 spiro atoms. The molecule has 0 aliphatic carbocycles. The van der Waals surface area contributed by atoms with Crippen molar-refractivity contribution in [3.63, 3.8) is 0 Å². The maximum absolute atomic E-state index is 12.3. The number of carbonyl (C=O) groups excluding carboxylic acids is 1. The molecule has 0 radical (unpaired) electrons. The van der Waals surface area contributed by atoms with Gasteiger partial charge in [0.1, 0.15) is 0 Å². The fourth-order valence-corrected chi connectivity index (χ4v) is 3.18. The standard InChI is InChI=1S/C16H22N4O2.ClH/c1-18-13-6-2-3-7-14(13)20(16(18)22)10-8-15(21)19-9-4-5-12(17)11-19;/h2-3,6-7,12H,4-5,8-11,17H2,1H3;1H. The summed E-state index contributed by atoms with van der Waals surface area (Å²) in [6.07, 6.45) is 2.27. The number of amides is 1. The van der Waals surface area contributed by atoms with Crippen molar-refractivity contribution in [2.75, 3.05) is 13.1 Å².